The van der Waals surface area contributed by atoms with Gasteiger partial charge in [0.15, 0.2) is 0 Å². The third kappa shape index (κ3) is 4.73. The van der Waals surface area contributed by atoms with E-state index in [0.717, 1.165) is 23.9 Å². The first-order valence-corrected chi connectivity index (χ1v) is 9.23. The maximum absolute atomic E-state index is 3.85. The molecule has 1 heterocycles. The van der Waals surface area contributed by atoms with Crippen molar-refractivity contribution in [2.24, 2.45) is 11.8 Å². The van der Waals surface area contributed by atoms with Crippen LogP contribution < -0.4 is 5.32 Å². The Balaban J connectivity index is 1.78. The summed E-state index contributed by atoms with van der Waals surface area (Å²) in [6.07, 6.45) is 11.3. The number of nitrogens with zero attached hydrogens (tertiary/aromatic N) is 1. The summed E-state index contributed by atoms with van der Waals surface area (Å²) in [6.45, 7) is 11.0. The van der Waals surface area contributed by atoms with Crippen molar-refractivity contribution in [3.05, 3.63) is 0 Å². The van der Waals surface area contributed by atoms with Gasteiger partial charge in [0.25, 0.3) is 0 Å². The van der Waals surface area contributed by atoms with Gasteiger partial charge in [-0.05, 0) is 37.6 Å². The Morgan fingerprint density at radius 3 is 2.50 bits per heavy atom. The predicted octanol–water partition coefficient (Wildman–Crippen LogP) is 4.06. The summed E-state index contributed by atoms with van der Waals surface area (Å²) in [5, 5.41) is 3.85. The van der Waals surface area contributed by atoms with Crippen LogP contribution in [0.15, 0.2) is 0 Å². The number of nitrogens with one attached hydrogen (secondary N) is 1. The van der Waals surface area contributed by atoms with Crippen LogP contribution in [-0.2, 0) is 0 Å². The summed E-state index contributed by atoms with van der Waals surface area (Å²) in [5.41, 5.74) is 0. The molecule has 20 heavy (non-hydrogen) atoms. The summed E-state index contributed by atoms with van der Waals surface area (Å²) in [5.74, 6) is 1.83. The lowest BCUT2D eigenvalue weighted by atomic mass is 9.93. The highest BCUT2D eigenvalue weighted by Gasteiger charge is 2.37. The van der Waals surface area contributed by atoms with Crippen molar-refractivity contribution >= 4 is 0 Å². The van der Waals surface area contributed by atoms with Crippen LogP contribution >= 0.6 is 0 Å². The van der Waals surface area contributed by atoms with E-state index in [-0.39, 0.29) is 0 Å². The fourth-order valence-corrected chi connectivity index (χ4v) is 3.68. The summed E-state index contributed by atoms with van der Waals surface area (Å²) < 4.78 is 0. The first kappa shape index (κ1) is 16.3. The van der Waals surface area contributed by atoms with Crippen LogP contribution in [0.3, 0.4) is 0 Å². The van der Waals surface area contributed by atoms with E-state index < -0.39 is 0 Å². The Bertz CT molecular complexity index is 262. The zero-order valence-electron chi connectivity index (χ0n) is 14.0. The molecule has 3 atom stereocenters. The molecule has 0 radical (unpaired) electrons. The Morgan fingerprint density at radius 2 is 1.85 bits per heavy atom. The van der Waals surface area contributed by atoms with Crippen molar-refractivity contribution in [3.63, 3.8) is 0 Å². The molecule has 0 bridgehead atoms. The highest BCUT2D eigenvalue weighted by molar-refractivity contribution is 4.95. The van der Waals surface area contributed by atoms with Crippen LogP contribution in [0.25, 0.3) is 0 Å². The normalized spacial score (nSPS) is 29.6. The van der Waals surface area contributed by atoms with Crippen molar-refractivity contribution in [2.45, 2.75) is 84.2 Å². The van der Waals surface area contributed by atoms with E-state index in [9.17, 15) is 0 Å². The quantitative estimate of drug-likeness (QED) is 0.641. The van der Waals surface area contributed by atoms with Crippen LogP contribution in [0, 0.1) is 11.8 Å². The molecule has 1 aliphatic heterocycles. The molecular formula is C18H36N2. The van der Waals surface area contributed by atoms with Crippen LogP contribution in [0.2, 0.25) is 0 Å². The third-order valence-corrected chi connectivity index (χ3v) is 5.53. The number of hydrogen-bond donors (Lipinski definition) is 1. The lowest BCUT2D eigenvalue weighted by Crippen LogP contribution is -2.59. The van der Waals surface area contributed by atoms with Crippen molar-refractivity contribution in [3.8, 4) is 0 Å². The standard InChI is InChI=1S/C18H36N2/c1-4-6-7-8-9-12-20-14-17(16-10-11-16)19-13-18(20)15(3)5-2/h15-19H,4-14H2,1-3H3. The van der Waals surface area contributed by atoms with Gasteiger partial charge in [-0.2, -0.15) is 0 Å². The van der Waals surface area contributed by atoms with Crippen LogP contribution in [0.1, 0.15) is 72.1 Å². The molecule has 1 saturated heterocycles. The van der Waals surface area contributed by atoms with Gasteiger partial charge in [0.1, 0.15) is 0 Å². The largest absolute Gasteiger partial charge is 0.311 e. The van der Waals surface area contributed by atoms with Gasteiger partial charge < -0.3 is 5.32 Å². The minimum atomic E-state index is 0.779. The van der Waals surface area contributed by atoms with E-state index in [1.807, 2.05) is 0 Å². The molecule has 1 aliphatic carbocycles. The van der Waals surface area contributed by atoms with E-state index >= 15 is 0 Å². The molecule has 1 N–H and O–H groups in total. The van der Waals surface area contributed by atoms with E-state index in [0.29, 0.717) is 0 Å². The Kier molecular flexibility index (Phi) is 6.83. The second kappa shape index (κ2) is 8.38. The van der Waals surface area contributed by atoms with Crippen LogP contribution in [-0.4, -0.2) is 36.6 Å². The fourth-order valence-electron chi connectivity index (χ4n) is 3.68. The maximum atomic E-state index is 3.85. The number of rotatable bonds is 9. The highest BCUT2D eigenvalue weighted by Crippen LogP contribution is 2.35. The van der Waals surface area contributed by atoms with Gasteiger partial charge in [0.05, 0.1) is 0 Å². The van der Waals surface area contributed by atoms with Gasteiger partial charge >= 0.3 is 0 Å². The molecule has 0 aromatic rings. The first-order chi connectivity index (χ1) is 9.76. The third-order valence-electron chi connectivity index (χ3n) is 5.53. The molecule has 2 fully saturated rings. The van der Waals surface area contributed by atoms with E-state index in [1.165, 1.54) is 71.0 Å². The van der Waals surface area contributed by atoms with E-state index in [2.05, 4.69) is 31.0 Å². The Hall–Kier alpha value is -0.0800. The van der Waals surface area contributed by atoms with Gasteiger partial charge in [-0.25, -0.2) is 0 Å². The smallest absolute Gasteiger partial charge is 0.0246 e. The average molecular weight is 281 g/mol. The molecule has 0 aromatic carbocycles. The molecule has 0 spiro atoms. The summed E-state index contributed by atoms with van der Waals surface area (Å²) in [7, 11) is 0. The SMILES string of the molecule is CCCCCCCN1CC(C2CC2)NCC1C(C)CC. The topological polar surface area (TPSA) is 15.3 Å². The molecule has 3 unspecified atom stereocenters. The molecule has 2 rings (SSSR count). The number of hydrogen-bond acceptors (Lipinski definition) is 2. The lowest BCUT2D eigenvalue weighted by Gasteiger charge is -2.43. The molecular weight excluding hydrogens is 244 g/mol. The highest BCUT2D eigenvalue weighted by atomic mass is 15.2. The second-order valence-corrected chi connectivity index (χ2v) is 7.21. The Morgan fingerprint density at radius 1 is 1.10 bits per heavy atom. The molecule has 0 amide bonds. The first-order valence-electron chi connectivity index (χ1n) is 9.23. The van der Waals surface area contributed by atoms with E-state index in [1.54, 1.807) is 0 Å². The predicted molar refractivity (Wildman–Crippen MR) is 88.1 cm³/mol. The summed E-state index contributed by atoms with van der Waals surface area (Å²) in [6, 6.07) is 1.58. The maximum Gasteiger partial charge on any atom is 0.0246 e. The minimum absolute atomic E-state index is 0.779. The molecule has 1 saturated carbocycles. The van der Waals surface area contributed by atoms with Crippen molar-refractivity contribution in [1.82, 2.24) is 10.2 Å². The second-order valence-electron chi connectivity index (χ2n) is 7.21. The van der Waals surface area contributed by atoms with Crippen molar-refractivity contribution in [1.29, 1.82) is 0 Å². The van der Waals surface area contributed by atoms with Crippen LogP contribution in [0.5, 0.6) is 0 Å². The zero-order chi connectivity index (χ0) is 14.4. The van der Waals surface area contributed by atoms with Crippen LogP contribution in [0.4, 0.5) is 0 Å². The van der Waals surface area contributed by atoms with Crippen molar-refractivity contribution < 1.29 is 0 Å². The fraction of sp³-hybridized carbons (Fsp3) is 1.00. The molecule has 2 nitrogen and oxygen atoms in total. The monoisotopic (exact) mass is 280 g/mol. The van der Waals surface area contributed by atoms with Gasteiger partial charge in [-0.15, -0.1) is 0 Å². The minimum Gasteiger partial charge on any atom is -0.311 e. The summed E-state index contributed by atoms with van der Waals surface area (Å²) >= 11 is 0. The average Bonchev–Trinajstić information content (AvgIpc) is 3.31. The summed E-state index contributed by atoms with van der Waals surface area (Å²) in [4.78, 5) is 2.83. The van der Waals surface area contributed by atoms with Gasteiger partial charge in [-0.3, -0.25) is 4.90 Å². The number of unbranched alkanes of at least 4 members (excludes halogenated alkanes) is 4. The number of piperazine rings is 1. The Labute approximate surface area is 126 Å². The molecule has 2 aliphatic rings. The lowest BCUT2D eigenvalue weighted by molar-refractivity contribution is 0.0838. The van der Waals surface area contributed by atoms with Gasteiger partial charge in [-0.1, -0.05) is 52.9 Å². The molecule has 118 valence electrons. The van der Waals surface area contributed by atoms with Crippen molar-refractivity contribution in [2.75, 3.05) is 19.6 Å². The van der Waals surface area contributed by atoms with E-state index in [4.69, 9.17) is 0 Å². The zero-order valence-corrected chi connectivity index (χ0v) is 14.0. The molecule has 0 aromatic heterocycles. The molecule has 2 heteroatoms. The van der Waals surface area contributed by atoms with Gasteiger partial charge in [0.2, 0.25) is 0 Å². The van der Waals surface area contributed by atoms with Gasteiger partial charge in [0, 0.05) is 25.2 Å².